The number of phenols is 1. The normalized spacial score (nSPS) is 11.9. The van der Waals surface area contributed by atoms with E-state index in [0.29, 0.717) is 11.1 Å². The van der Waals surface area contributed by atoms with E-state index >= 15 is 0 Å². The molecule has 0 radical (unpaired) electrons. The fourth-order valence-corrected chi connectivity index (χ4v) is 3.17. The average molecular weight is 398 g/mol. The molecule has 0 bridgehead atoms. The van der Waals surface area contributed by atoms with Crippen molar-refractivity contribution in [3.8, 4) is 11.5 Å². The highest BCUT2D eigenvalue weighted by Gasteiger charge is 2.15. The Kier molecular flexibility index (Phi) is 4.62. The molecular weight excluding hydrogens is 386 g/mol. The number of ether oxygens (including phenoxy) is 1. The number of hydrogen-bond donors (Lipinski definition) is 3. The first-order valence-corrected chi connectivity index (χ1v) is 8.90. The molecule has 11 heteroatoms. The summed E-state index contributed by atoms with van der Waals surface area (Å²) in [5.41, 5.74) is 0.889. The van der Waals surface area contributed by atoms with Crippen molar-refractivity contribution in [2.75, 3.05) is 7.11 Å². The van der Waals surface area contributed by atoms with E-state index in [0.717, 1.165) is 0 Å². The Labute approximate surface area is 151 Å². The molecular formula is C15H12ClN3O6S. The number of nitrogens with one attached hydrogen (secondary N) is 2. The van der Waals surface area contributed by atoms with Gasteiger partial charge in [-0.25, -0.2) is 9.63 Å². The van der Waals surface area contributed by atoms with Crippen LogP contribution in [0.2, 0.25) is 5.02 Å². The lowest BCUT2D eigenvalue weighted by Gasteiger charge is -2.06. The third-order valence-corrected chi connectivity index (χ3v) is 4.87. The predicted octanol–water partition coefficient (Wildman–Crippen LogP) is 1.80. The van der Waals surface area contributed by atoms with E-state index in [1.54, 1.807) is 0 Å². The number of methoxy groups -OCH3 is 1. The Morgan fingerprint density at radius 3 is 2.85 bits per heavy atom. The van der Waals surface area contributed by atoms with Crippen molar-refractivity contribution in [2.45, 2.75) is 4.90 Å². The third kappa shape index (κ3) is 3.51. The number of sulfonamides is 1. The van der Waals surface area contributed by atoms with Gasteiger partial charge in [0.15, 0.2) is 17.1 Å². The minimum atomic E-state index is -3.98. The first-order chi connectivity index (χ1) is 12.3. The molecule has 1 heterocycles. The van der Waals surface area contributed by atoms with Gasteiger partial charge in [-0.05, 0) is 29.8 Å². The second kappa shape index (κ2) is 6.73. The molecule has 0 aliphatic heterocycles. The van der Waals surface area contributed by atoms with Crippen molar-refractivity contribution in [3.05, 3.63) is 51.5 Å². The number of aromatic nitrogens is 1. The van der Waals surface area contributed by atoms with Gasteiger partial charge in [0.1, 0.15) is 0 Å². The lowest BCUT2D eigenvalue weighted by atomic mass is 10.2. The molecule has 136 valence electrons. The number of hydrazone groups is 1. The van der Waals surface area contributed by atoms with Crippen molar-refractivity contribution in [1.82, 2.24) is 9.82 Å². The maximum Gasteiger partial charge on any atom is 0.417 e. The Morgan fingerprint density at radius 1 is 1.35 bits per heavy atom. The van der Waals surface area contributed by atoms with Crippen molar-refractivity contribution in [3.63, 3.8) is 0 Å². The second-order valence-electron chi connectivity index (χ2n) is 5.08. The number of aromatic amines is 1. The molecule has 3 N–H and O–H groups in total. The van der Waals surface area contributed by atoms with Crippen LogP contribution in [0.5, 0.6) is 11.5 Å². The number of phenolic OH excluding ortho intramolecular Hbond substituents is 1. The summed E-state index contributed by atoms with van der Waals surface area (Å²) in [5, 5.41) is 13.4. The van der Waals surface area contributed by atoms with Crippen molar-refractivity contribution in [1.29, 1.82) is 0 Å². The first-order valence-electron chi connectivity index (χ1n) is 7.04. The molecule has 2 aromatic carbocycles. The molecule has 0 spiro atoms. The number of nitrogens with zero attached hydrogens (tertiary/aromatic N) is 1. The smallest absolute Gasteiger partial charge is 0.417 e. The summed E-state index contributed by atoms with van der Waals surface area (Å²) >= 11 is 5.85. The zero-order valence-corrected chi connectivity index (χ0v) is 14.8. The maximum atomic E-state index is 12.3. The van der Waals surface area contributed by atoms with Gasteiger partial charge >= 0.3 is 5.76 Å². The lowest BCUT2D eigenvalue weighted by Crippen LogP contribution is -2.18. The molecule has 0 amide bonds. The van der Waals surface area contributed by atoms with Crippen LogP contribution in [0.1, 0.15) is 5.56 Å². The summed E-state index contributed by atoms with van der Waals surface area (Å²) in [4.78, 5) is 15.4. The number of H-pyrrole nitrogens is 1. The number of oxazole rings is 1. The van der Waals surface area contributed by atoms with E-state index in [-0.39, 0.29) is 27.0 Å². The number of aromatic hydroxyl groups is 1. The molecule has 0 saturated carbocycles. The Morgan fingerprint density at radius 2 is 2.12 bits per heavy atom. The number of halogens is 1. The van der Waals surface area contributed by atoms with Crippen molar-refractivity contribution in [2.24, 2.45) is 5.10 Å². The predicted molar refractivity (Wildman–Crippen MR) is 94.4 cm³/mol. The highest BCUT2D eigenvalue weighted by molar-refractivity contribution is 7.89. The highest BCUT2D eigenvalue weighted by atomic mass is 35.5. The molecule has 26 heavy (non-hydrogen) atoms. The summed E-state index contributed by atoms with van der Waals surface area (Å²) < 4.78 is 34.3. The largest absolute Gasteiger partial charge is 0.503 e. The van der Waals surface area contributed by atoms with Gasteiger partial charge < -0.3 is 14.3 Å². The van der Waals surface area contributed by atoms with E-state index in [4.69, 9.17) is 20.8 Å². The maximum absolute atomic E-state index is 12.3. The molecule has 0 aliphatic rings. The second-order valence-corrected chi connectivity index (χ2v) is 7.15. The number of rotatable bonds is 5. The first kappa shape index (κ1) is 17.8. The van der Waals surface area contributed by atoms with Crippen LogP contribution in [0, 0.1) is 0 Å². The molecule has 0 aliphatic carbocycles. The van der Waals surface area contributed by atoms with Crippen LogP contribution < -0.4 is 15.3 Å². The Bertz CT molecular complexity index is 1170. The molecule has 0 saturated heterocycles. The summed E-state index contributed by atoms with van der Waals surface area (Å²) in [6, 6.07) is 6.72. The van der Waals surface area contributed by atoms with Crippen LogP contribution in [0.4, 0.5) is 0 Å². The van der Waals surface area contributed by atoms with Gasteiger partial charge in [0.25, 0.3) is 10.0 Å². The fraction of sp³-hybridized carbons (Fsp3) is 0.0667. The van der Waals surface area contributed by atoms with E-state index < -0.39 is 15.8 Å². The number of hydrogen-bond acceptors (Lipinski definition) is 7. The van der Waals surface area contributed by atoms with E-state index in [1.165, 1.54) is 43.7 Å². The minimum Gasteiger partial charge on any atom is -0.503 e. The van der Waals surface area contributed by atoms with Crippen LogP contribution >= 0.6 is 11.6 Å². The Hall–Kier alpha value is -2.98. The van der Waals surface area contributed by atoms with E-state index in [9.17, 15) is 18.3 Å². The SMILES string of the molecule is COc1cc(/C=N/NS(=O)(=O)c2ccc3[nH]c(=O)oc3c2)cc(Cl)c1O. The molecule has 3 aromatic rings. The van der Waals surface area contributed by atoms with Gasteiger partial charge in [0.2, 0.25) is 0 Å². The minimum absolute atomic E-state index is 0.0293. The molecule has 0 unspecified atom stereocenters. The monoisotopic (exact) mass is 397 g/mol. The molecule has 1 aromatic heterocycles. The van der Waals surface area contributed by atoms with Crippen molar-refractivity contribution >= 4 is 38.9 Å². The van der Waals surface area contributed by atoms with E-state index in [1.807, 2.05) is 4.83 Å². The van der Waals surface area contributed by atoms with Gasteiger partial charge in [-0.2, -0.15) is 13.5 Å². The van der Waals surface area contributed by atoms with Crippen LogP contribution in [-0.2, 0) is 10.0 Å². The quantitative estimate of drug-likeness (QED) is 0.444. The standard InChI is InChI=1S/C15H12ClN3O6S/c1-24-13-5-8(4-10(16)14(13)20)7-17-19-26(22,23)9-2-3-11-12(6-9)25-15(21)18-11/h2-7,19-20H,1H3,(H,18,21)/b17-7+. The lowest BCUT2D eigenvalue weighted by molar-refractivity contribution is 0.373. The van der Waals surface area contributed by atoms with Crippen LogP contribution in [-0.4, -0.2) is 31.8 Å². The van der Waals surface area contributed by atoms with E-state index in [2.05, 4.69) is 10.1 Å². The topological polar surface area (TPSA) is 134 Å². The van der Waals surface area contributed by atoms with Gasteiger partial charge in [0.05, 0.1) is 28.8 Å². The van der Waals surface area contributed by atoms with Gasteiger partial charge in [-0.15, -0.1) is 0 Å². The average Bonchev–Trinajstić information content (AvgIpc) is 2.96. The molecule has 3 rings (SSSR count). The molecule has 0 atom stereocenters. The zero-order chi connectivity index (χ0) is 18.9. The third-order valence-electron chi connectivity index (χ3n) is 3.36. The number of benzene rings is 2. The Balaban J connectivity index is 1.84. The number of fused-ring (bicyclic) bond motifs is 1. The molecule has 0 fully saturated rings. The van der Waals surface area contributed by atoms with Gasteiger partial charge in [0, 0.05) is 6.07 Å². The van der Waals surface area contributed by atoms with Crippen LogP contribution in [0.3, 0.4) is 0 Å². The highest BCUT2D eigenvalue weighted by Crippen LogP contribution is 2.34. The summed E-state index contributed by atoms with van der Waals surface area (Å²) in [6.45, 7) is 0. The van der Waals surface area contributed by atoms with Gasteiger partial charge in [-0.3, -0.25) is 4.98 Å². The summed E-state index contributed by atoms with van der Waals surface area (Å²) in [5.74, 6) is -0.790. The summed E-state index contributed by atoms with van der Waals surface area (Å²) in [7, 11) is -2.63. The van der Waals surface area contributed by atoms with Gasteiger partial charge in [-0.1, -0.05) is 11.6 Å². The van der Waals surface area contributed by atoms with Crippen molar-refractivity contribution < 1.29 is 22.7 Å². The zero-order valence-electron chi connectivity index (χ0n) is 13.2. The van der Waals surface area contributed by atoms with Crippen LogP contribution in [0.25, 0.3) is 11.1 Å². The fourth-order valence-electron chi connectivity index (χ4n) is 2.14. The van der Waals surface area contributed by atoms with Crippen LogP contribution in [0.15, 0.2) is 49.5 Å². The molecule has 9 nitrogen and oxygen atoms in total. The summed E-state index contributed by atoms with van der Waals surface area (Å²) in [6.07, 6.45) is 1.19.